The molecule has 1 amide bonds. The SMILES string of the molecule is CC(C)Nc1ccccc1C(=O)NCCSC(F)(F)F. The standard InChI is InChI=1S/C13H17F3N2OS/c1-9(2)18-11-6-4-3-5-10(11)12(19)17-7-8-20-13(14,15)16/h3-6,9,18H,7-8H2,1-2H3,(H,17,19). The molecule has 0 radical (unpaired) electrons. The average Bonchev–Trinajstić information content (AvgIpc) is 2.33. The van der Waals surface area contributed by atoms with Crippen molar-refractivity contribution >= 4 is 23.4 Å². The number of halogens is 3. The van der Waals surface area contributed by atoms with Crippen LogP contribution in [0.25, 0.3) is 0 Å². The Labute approximate surface area is 120 Å². The van der Waals surface area contributed by atoms with Crippen molar-refractivity contribution in [3.63, 3.8) is 0 Å². The Hall–Kier alpha value is -1.37. The van der Waals surface area contributed by atoms with Gasteiger partial charge in [0.1, 0.15) is 0 Å². The lowest BCUT2D eigenvalue weighted by atomic mass is 10.1. The number of benzene rings is 1. The van der Waals surface area contributed by atoms with E-state index in [1.165, 1.54) is 0 Å². The number of carbonyl (C=O) groups excluding carboxylic acids is 1. The minimum atomic E-state index is -4.26. The molecule has 0 unspecified atom stereocenters. The third kappa shape index (κ3) is 6.18. The van der Waals surface area contributed by atoms with Gasteiger partial charge in [0, 0.05) is 24.0 Å². The van der Waals surface area contributed by atoms with Gasteiger partial charge in [0.05, 0.1) is 5.56 Å². The molecule has 0 aliphatic carbocycles. The molecule has 0 aromatic heterocycles. The zero-order valence-electron chi connectivity index (χ0n) is 11.3. The Morgan fingerprint density at radius 1 is 1.30 bits per heavy atom. The van der Waals surface area contributed by atoms with Gasteiger partial charge in [-0.05, 0) is 37.7 Å². The first-order chi connectivity index (χ1) is 9.29. The summed E-state index contributed by atoms with van der Waals surface area (Å²) in [7, 11) is 0. The molecule has 0 bridgehead atoms. The number of carbonyl (C=O) groups is 1. The van der Waals surface area contributed by atoms with E-state index < -0.39 is 5.51 Å². The van der Waals surface area contributed by atoms with E-state index in [2.05, 4.69) is 10.6 Å². The van der Waals surface area contributed by atoms with Crippen LogP contribution in [0.15, 0.2) is 24.3 Å². The summed E-state index contributed by atoms with van der Waals surface area (Å²) in [6.07, 6.45) is 0. The van der Waals surface area contributed by atoms with E-state index in [1.807, 2.05) is 13.8 Å². The van der Waals surface area contributed by atoms with Gasteiger partial charge in [-0.15, -0.1) is 0 Å². The first kappa shape index (κ1) is 16.7. The number of hydrogen-bond acceptors (Lipinski definition) is 3. The second-order valence-corrected chi connectivity index (χ2v) is 5.55. The molecule has 0 fully saturated rings. The number of nitrogens with one attached hydrogen (secondary N) is 2. The Morgan fingerprint density at radius 2 is 1.95 bits per heavy atom. The Kier molecular flexibility index (Phi) is 6.19. The maximum atomic E-state index is 12.0. The third-order valence-electron chi connectivity index (χ3n) is 2.27. The van der Waals surface area contributed by atoms with E-state index in [1.54, 1.807) is 24.3 Å². The average molecular weight is 306 g/mol. The summed E-state index contributed by atoms with van der Waals surface area (Å²) in [6.45, 7) is 3.85. The minimum absolute atomic E-state index is 0.0287. The summed E-state index contributed by atoms with van der Waals surface area (Å²) in [6, 6.07) is 7.06. The minimum Gasteiger partial charge on any atom is -0.382 e. The largest absolute Gasteiger partial charge is 0.441 e. The molecule has 0 aliphatic heterocycles. The molecule has 0 saturated heterocycles. The monoisotopic (exact) mass is 306 g/mol. The number of thioether (sulfide) groups is 1. The van der Waals surface area contributed by atoms with Crippen LogP contribution in [-0.2, 0) is 0 Å². The van der Waals surface area contributed by atoms with Crippen molar-refractivity contribution in [1.82, 2.24) is 5.32 Å². The second kappa shape index (κ2) is 7.42. The molecule has 0 aliphatic rings. The van der Waals surface area contributed by atoms with Gasteiger partial charge in [0.2, 0.25) is 0 Å². The van der Waals surface area contributed by atoms with Gasteiger partial charge in [-0.2, -0.15) is 13.2 Å². The third-order valence-corrected chi connectivity index (χ3v) is 3.00. The van der Waals surface area contributed by atoms with E-state index in [0.29, 0.717) is 11.3 Å². The van der Waals surface area contributed by atoms with Crippen molar-refractivity contribution < 1.29 is 18.0 Å². The lowest BCUT2D eigenvalue weighted by Crippen LogP contribution is -2.27. The van der Waals surface area contributed by atoms with Crippen LogP contribution in [0.1, 0.15) is 24.2 Å². The van der Waals surface area contributed by atoms with E-state index in [-0.39, 0.29) is 36.0 Å². The quantitative estimate of drug-likeness (QED) is 0.791. The zero-order chi connectivity index (χ0) is 15.2. The molecule has 3 nitrogen and oxygen atoms in total. The van der Waals surface area contributed by atoms with Crippen LogP contribution < -0.4 is 10.6 Å². The van der Waals surface area contributed by atoms with Crippen molar-refractivity contribution in [2.75, 3.05) is 17.6 Å². The first-order valence-electron chi connectivity index (χ1n) is 6.14. The summed E-state index contributed by atoms with van der Waals surface area (Å²) in [4.78, 5) is 11.9. The number of rotatable bonds is 6. The van der Waals surface area contributed by atoms with E-state index >= 15 is 0 Å². The first-order valence-corrected chi connectivity index (χ1v) is 7.12. The van der Waals surface area contributed by atoms with Crippen LogP contribution in [0.4, 0.5) is 18.9 Å². The smallest absolute Gasteiger partial charge is 0.382 e. The van der Waals surface area contributed by atoms with Crippen molar-refractivity contribution in [2.24, 2.45) is 0 Å². The predicted molar refractivity (Wildman–Crippen MR) is 76.0 cm³/mol. The molecule has 1 aromatic carbocycles. The maximum absolute atomic E-state index is 12.0. The number of anilines is 1. The normalized spacial score (nSPS) is 11.5. The molecule has 1 aromatic rings. The number of para-hydroxylation sites is 1. The number of amides is 1. The highest BCUT2D eigenvalue weighted by atomic mass is 32.2. The molecular formula is C13H17F3N2OS. The van der Waals surface area contributed by atoms with Crippen molar-refractivity contribution in [1.29, 1.82) is 0 Å². The van der Waals surface area contributed by atoms with Crippen molar-refractivity contribution in [3.8, 4) is 0 Å². The summed E-state index contributed by atoms with van der Waals surface area (Å²) in [5.74, 6) is -0.578. The lowest BCUT2D eigenvalue weighted by molar-refractivity contribution is -0.0327. The van der Waals surface area contributed by atoms with Crippen LogP contribution in [0.3, 0.4) is 0 Å². The molecule has 1 rings (SSSR count). The van der Waals surface area contributed by atoms with Crippen molar-refractivity contribution in [3.05, 3.63) is 29.8 Å². The molecule has 2 N–H and O–H groups in total. The number of hydrogen-bond donors (Lipinski definition) is 2. The van der Waals surface area contributed by atoms with Crippen LogP contribution in [0, 0.1) is 0 Å². The molecule has 0 spiro atoms. The maximum Gasteiger partial charge on any atom is 0.441 e. The van der Waals surface area contributed by atoms with E-state index in [0.717, 1.165) is 0 Å². The highest BCUT2D eigenvalue weighted by Gasteiger charge is 2.27. The Balaban J connectivity index is 2.55. The van der Waals surface area contributed by atoms with Crippen LogP contribution in [0.5, 0.6) is 0 Å². The van der Waals surface area contributed by atoms with Gasteiger partial charge in [0.25, 0.3) is 5.91 Å². The van der Waals surface area contributed by atoms with Crippen LogP contribution in [-0.4, -0.2) is 29.8 Å². The van der Waals surface area contributed by atoms with Crippen molar-refractivity contribution in [2.45, 2.75) is 25.4 Å². The Bertz CT molecular complexity index is 449. The lowest BCUT2D eigenvalue weighted by Gasteiger charge is -2.14. The number of alkyl halides is 3. The second-order valence-electron chi connectivity index (χ2n) is 4.39. The molecule has 0 heterocycles. The molecule has 112 valence electrons. The van der Waals surface area contributed by atoms with Gasteiger partial charge in [-0.3, -0.25) is 4.79 Å². The highest BCUT2D eigenvalue weighted by Crippen LogP contribution is 2.29. The van der Waals surface area contributed by atoms with E-state index in [9.17, 15) is 18.0 Å². The van der Waals surface area contributed by atoms with Gasteiger partial charge in [-0.1, -0.05) is 12.1 Å². The molecule has 20 heavy (non-hydrogen) atoms. The summed E-state index contributed by atoms with van der Waals surface area (Å²) in [5, 5.41) is 5.61. The fourth-order valence-corrected chi connectivity index (χ4v) is 1.98. The molecule has 7 heteroatoms. The van der Waals surface area contributed by atoms with E-state index in [4.69, 9.17) is 0 Å². The fourth-order valence-electron chi connectivity index (χ4n) is 1.54. The van der Waals surface area contributed by atoms with Gasteiger partial charge >= 0.3 is 5.51 Å². The van der Waals surface area contributed by atoms with Gasteiger partial charge in [0.15, 0.2) is 0 Å². The molecular weight excluding hydrogens is 289 g/mol. The summed E-state index contributed by atoms with van der Waals surface area (Å²) in [5.41, 5.74) is -3.16. The Morgan fingerprint density at radius 3 is 2.55 bits per heavy atom. The highest BCUT2D eigenvalue weighted by molar-refractivity contribution is 8.00. The molecule has 0 atom stereocenters. The van der Waals surface area contributed by atoms with Gasteiger partial charge in [-0.25, -0.2) is 0 Å². The summed E-state index contributed by atoms with van der Waals surface area (Å²) >= 11 is -0.145. The fraction of sp³-hybridized carbons (Fsp3) is 0.462. The van der Waals surface area contributed by atoms with Gasteiger partial charge < -0.3 is 10.6 Å². The predicted octanol–water partition coefficient (Wildman–Crippen LogP) is 3.49. The van der Waals surface area contributed by atoms with Crippen LogP contribution in [0.2, 0.25) is 0 Å². The summed E-state index contributed by atoms with van der Waals surface area (Å²) < 4.78 is 35.9. The zero-order valence-corrected chi connectivity index (χ0v) is 12.1. The topological polar surface area (TPSA) is 41.1 Å². The molecule has 0 saturated carbocycles. The van der Waals surface area contributed by atoms with Crippen LogP contribution >= 0.6 is 11.8 Å².